The zero-order chi connectivity index (χ0) is 13.7. The van der Waals surface area contributed by atoms with Crippen LogP contribution < -0.4 is 5.73 Å². The number of nitrogens with zero attached hydrogens (tertiary/aromatic N) is 1. The third-order valence-electron chi connectivity index (χ3n) is 2.74. The molecule has 0 bridgehead atoms. The van der Waals surface area contributed by atoms with Crippen molar-refractivity contribution in [2.45, 2.75) is 51.3 Å². The zero-order valence-corrected chi connectivity index (χ0v) is 11.8. The molecule has 0 heterocycles. The van der Waals surface area contributed by atoms with Crippen LogP contribution in [0, 0.1) is 16.7 Å². The summed E-state index contributed by atoms with van der Waals surface area (Å²) in [5.74, 6) is -0.154. The van der Waals surface area contributed by atoms with E-state index in [2.05, 4.69) is 6.07 Å². The number of nitriles is 1. The second kappa shape index (κ2) is 6.27. The Kier molecular flexibility index (Phi) is 6.00. The van der Waals surface area contributed by atoms with Crippen LogP contribution in [0.4, 0.5) is 0 Å². The molecule has 0 spiro atoms. The van der Waals surface area contributed by atoms with Crippen molar-refractivity contribution in [2.24, 2.45) is 11.1 Å². The molecule has 0 saturated heterocycles. The van der Waals surface area contributed by atoms with Crippen molar-refractivity contribution in [3.63, 3.8) is 0 Å². The first-order valence-corrected chi connectivity index (χ1v) is 6.64. The molecule has 0 aromatic carbocycles. The fourth-order valence-electron chi connectivity index (χ4n) is 1.29. The lowest BCUT2D eigenvalue weighted by Gasteiger charge is -2.28. The van der Waals surface area contributed by atoms with E-state index in [1.54, 1.807) is 11.8 Å². The van der Waals surface area contributed by atoms with Crippen LogP contribution in [0.1, 0.15) is 40.5 Å². The van der Waals surface area contributed by atoms with Gasteiger partial charge in [0.05, 0.1) is 11.5 Å². The summed E-state index contributed by atoms with van der Waals surface area (Å²) >= 11 is 1.55. The van der Waals surface area contributed by atoms with E-state index in [1.165, 1.54) is 0 Å². The normalized spacial score (nSPS) is 14.1. The van der Waals surface area contributed by atoms with Crippen LogP contribution in [-0.4, -0.2) is 27.6 Å². The molecule has 1 atom stereocenters. The lowest BCUT2D eigenvalue weighted by Crippen LogP contribution is -2.46. The molecule has 0 aliphatic heterocycles. The van der Waals surface area contributed by atoms with Crippen LogP contribution in [0.2, 0.25) is 0 Å². The minimum Gasteiger partial charge on any atom is -0.480 e. The highest BCUT2D eigenvalue weighted by atomic mass is 32.2. The van der Waals surface area contributed by atoms with Crippen LogP contribution in [0.3, 0.4) is 0 Å². The largest absolute Gasteiger partial charge is 0.480 e. The predicted molar refractivity (Wildman–Crippen MR) is 70.8 cm³/mol. The van der Waals surface area contributed by atoms with Gasteiger partial charge in [-0.15, -0.1) is 0 Å². The van der Waals surface area contributed by atoms with Gasteiger partial charge in [0, 0.05) is 4.75 Å². The number of aliphatic carboxylic acids is 1. The maximum absolute atomic E-state index is 10.8. The molecule has 0 aliphatic rings. The Morgan fingerprint density at radius 2 is 2.00 bits per heavy atom. The van der Waals surface area contributed by atoms with E-state index in [0.29, 0.717) is 0 Å². The van der Waals surface area contributed by atoms with Crippen molar-refractivity contribution in [3.05, 3.63) is 0 Å². The molecular formula is C12H22N2O2S. The molecule has 5 heteroatoms. The number of thioether (sulfide) groups is 1. The second-order valence-corrected chi connectivity index (χ2v) is 7.12. The van der Waals surface area contributed by atoms with E-state index in [9.17, 15) is 4.79 Å². The fourth-order valence-corrected chi connectivity index (χ4v) is 2.39. The van der Waals surface area contributed by atoms with Gasteiger partial charge in [0.2, 0.25) is 0 Å². The van der Waals surface area contributed by atoms with Gasteiger partial charge in [-0.1, -0.05) is 0 Å². The molecule has 4 nitrogen and oxygen atoms in total. The molecule has 17 heavy (non-hydrogen) atoms. The van der Waals surface area contributed by atoms with E-state index < -0.39 is 16.8 Å². The molecule has 0 saturated carbocycles. The number of nitrogens with two attached hydrogens (primary N) is 1. The van der Waals surface area contributed by atoms with Crippen LogP contribution >= 0.6 is 11.8 Å². The van der Waals surface area contributed by atoms with Gasteiger partial charge in [0.1, 0.15) is 6.04 Å². The maximum Gasteiger partial charge on any atom is 0.321 e. The summed E-state index contributed by atoms with van der Waals surface area (Å²) in [5, 5.41) is 17.7. The number of carboxylic acid groups (broad SMARTS) is 1. The highest BCUT2D eigenvalue weighted by Crippen LogP contribution is 2.30. The summed E-state index contributed by atoms with van der Waals surface area (Å²) < 4.78 is -0.484. The van der Waals surface area contributed by atoms with Gasteiger partial charge in [0.25, 0.3) is 0 Å². The quantitative estimate of drug-likeness (QED) is 0.684. The Bertz CT molecular complexity index is 308. The molecular weight excluding hydrogens is 236 g/mol. The van der Waals surface area contributed by atoms with Crippen LogP contribution in [-0.2, 0) is 4.79 Å². The summed E-state index contributed by atoms with van der Waals surface area (Å²) in [6.07, 6.45) is 1.70. The number of carbonyl (C=O) groups is 1. The Balaban J connectivity index is 4.05. The van der Waals surface area contributed by atoms with Gasteiger partial charge in [-0.25, -0.2) is 0 Å². The van der Waals surface area contributed by atoms with Gasteiger partial charge >= 0.3 is 5.97 Å². The lowest BCUT2D eigenvalue weighted by atomic mass is 9.90. The topological polar surface area (TPSA) is 87.1 Å². The average Bonchev–Trinajstić information content (AvgIpc) is 2.23. The summed E-state index contributed by atoms with van der Waals surface area (Å²) in [6.45, 7) is 7.50. The van der Waals surface area contributed by atoms with Gasteiger partial charge in [0.15, 0.2) is 0 Å². The Labute approximate surface area is 108 Å². The summed E-state index contributed by atoms with van der Waals surface area (Å²) in [4.78, 5) is 10.8. The Hall–Kier alpha value is -0.730. The van der Waals surface area contributed by atoms with Gasteiger partial charge in [-0.3, -0.25) is 4.79 Å². The summed E-state index contributed by atoms with van der Waals surface area (Å²) in [7, 11) is 0. The van der Waals surface area contributed by atoms with Crippen molar-refractivity contribution >= 4 is 17.7 Å². The van der Waals surface area contributed by atoms with Crippen LogP contribution in [0.5, 0.6) is 0 Å². The molecule has 0 radical (unpaired) electrons. The van der Waals surface area contributed by atoms with Crippen molar-refractivity contribution < 1.29 is 9.90 Å². The Morgan fingerprint density at radius 1 is 1.47 bits per heavy atom. The first kappa shape index (κ1) is 16.3. The fraction of sp³-hybridized carbons (Fsp3) is 0.833. The molecule has 0 rings (SSSR count). The van der Waals surface area contributed by atoms with Gasteiger partial charge < -0.3 is 10.8 Å². The van der Waals surface area contributed by atoms with Crippen LogP contribution in [0.25, 0.3) is 0 Å². The smallest absolute Gasteiger partial charge is 0.321 e. The highest BCUT2D eigenvalue weighted by molar-refractivity contribution is 8.00. The summed E-state index contributed by atoms with van der Waals surface area (Å²) in [6, 6.07) is 1.39. The number of hydrogen-bond acceptors (Lipinski definition) is 4. The van der Waals surface area contributed by atoms with E-state index >= 15 is 0 Å². The summed E-state index contributed by atoms with van der Waals surface area (Å²) in [5.41, 5.74) is 5.31. The minimum atomic E-state index is -0.972. The molecule has 0 unspecified atom stereocenters. The second-order valence-electron chi connectivity index (χ2n) is 5.37. The van der Waals surface area contributed by atoms with Gasteiger partial charge in [-0.05, 0) is 46.3 Å². The number of rotatable bonds is 7. The number of hydrogen-bond donors (Lipinski definition) is 2. The third kappa shape index (κ3) is 5.94. The average molecular weight is 258 g/mol. The molecule has 0 fully saturated rings. The zero-order valence-electron chi connectivity index (χ0n) is 11.0. The molecule has 0 aromatic heterocycles. The van der Waals surface area contributed by atoms with E-state index in [0.717, 1.165) is 18.6 Å². The SMILES string of the molecule is CC(C)(C#N)CCCSC(C)(C)[C@H](N)C(=O)O. The molecule has 0 aromatic rings. The molecule has 98 valence electrons. The molecule has 3 N–H and O–H groups in total. The van der Waals surface area contributed by atoms with Crippen molar-refractivity contribution in [2.75, 3.05) is 5.75 Å². The minimum absolute atomic E-state index is 0.306. The predicted octanol–water partition coefficient (Wildman–Crippen LogP) is 2.24. The monoisotopic (exact) mass is 258 g/mol. The molecule has 0 aliphatic carbocycles. The lowest BCUT2D eigenvalue weighted by molar-refractivity contribution is -0.139. The first-order valence-electron chi connectivity index (χ1n) is 5.66. The van der Waals surface area contributed by atoms with Crippen LogP contribution in [0.15, 0.2) is 0 Å². The third-order valence-corrected chi connectivity index (χ3v) is 4.23. The highest BCUT2D eigenvalue weighted by Gasteiger charge is 2.32. The molecule has 0 amide bonds. The van der Waals surface area contributed by atoms with Crippen molar-refractivity contribution in [1.82, 2.24) is 0 Å². The van der Waals surface area contributed by atoms with Crippen molar-refractivity contribution in [1.29, 1.82) is 5.26 Å². The standard InChI is InChI=1S/C12H22N2O2S/c1-11(2,8-13)6-5-7-17-12(3,4)9(14)10(15)16/h9H,5-7,14H2,1-4H3,(H,15,16)/t9-/m1/s1. The van der Waals surface area contributed by atoms with Gasteiger partial charge in [-0.2, -0.15) is 17.0 Å². The van der Waals surface area contributed by atoms with E-state index in [1.807, 2.05) is 27.7 Å². The first-order chi connectivity index (χ1) is 7.62. The Morgan fingerprint density at radius 3 is 2.41 bits per heavy atom. The number of carboxylic acids is 1. The van der Waals surface area contributed by atoms with Crippen molar-refractivity contribution in [3.8, 4) is 6.07 Å². The van der Waals surface area contributed by atoms with E-state index in [4.69, 9.17) is 16.1 Å². The maximum atomic E-state index is 10.8. The van der Waals surface area contributed by atoms with E-state index in [-0.39, 0.29) is 5.41 Å².